The van der Waals surface area contributed by atoms with Gasteiger partial charge in [-0.2, -0.15) is 9.67 Å². The summed E-state index contributed by atoms with van der Waals surface area (Å²) >= 11 is 0. The van der Waals surface area contributed by atoms with Crippen molar-refractivity contribution in [3.8, 4) is 11.5 Å². The van der Waals surface area contributed by atoms with E-state index in [4.69, 9.17) is 4.42 Å². The van der Waals surface area contributed by atoms with Crippen LogP contribution in [-0.4, -0.2) is 51.3 Å². The van der Waals surface area contributed by atoms with Crippen LogP contribution in [0.3, 0.4) is 0 Å². The third-order valence-corrected chi connectivity index (χ3v) is 5.93. The van der Waals surface area contributed by atoms with Crippen LogP contribution in [0.4, 0.5) is 17.5 Å². The smallest absolute Gasteiger partial charge is 0.388 e. The number of amides is 1. The summed E-state index contributed by atoms with van der Waals surface area (Å²) in [5, 5.41) is 7.37. The van der Waals surface area contributed by atoms with E-state index in [1.54, 1.807) is 11.1 Å². The first kappa shape index (κ1) is 20.2. The van der Waals surface area contributed by atoms with Crippen LogP contribution in [0.2, 0.25) is 0 Å². The number of carbonyl (C=O) groups excluding carboxylic acids is 1. The highest BCUT2D eigenvalue weighted by Gasteiger charge is 2.37. The maximum absolute atomic E-state index is 13.6. The average molecular weight is 435 g/mol. The Morgan fingerprint density at radius 2 is 2.12 bits per heavy atom. The molecule has 166 valence electrons. The van der Waals surface area contributed by atoms with Gasteiger partial charge in [0.1, 0.15) is 11.4 Å². The summed E-state index contributed by atoms with van der Waals surface area (Å²) in [7, 11) is 0. The van der Waals surface area contributed by atoms with Gasteiger partial charge in [-0.05, 0) is 44.9 Å². The maximum Gasteiger partial charge on any atom is 0.437 e. The van der Waals surface area contributed by atoms with Crippen molar-refractivity contribution in [2.75, 3.05) is 34.8 Å². The Morgan fingerprint density at radius 1 is 1.25 bits per heavy atom. The number of nitrogens with one attached hydrogen (secondary N) is 1. The van der Waals surface area contributed by atoms with Crippen LogP contribution in [0.5, 0.6) is 0 Å². The largest absolute Gasteiger partial charge is 0.437 e. The summed E-state index contributed by atoms with van der Waals surface area (Å²) in [5.41, 5.74) is 1.85. The first-order valence-corrected chi connectivity index (χ1v) is 11.0. The molecule has 1 N–H and O–H groups in total. The molecule has 1 unspecified atom stereocenters. The van der Waals surface area contributed by atoms with E-state index in [2.05, 4.69) is 25.3 Å². The van der Waals surface area contributed by atoms with Crippen LogP contribution in [-0.2, 0) is 6.54 Å². The van der Waals surface area contributed by atoms with Gasteiger partial charge in [0.15, 0.2) is 0 Å². The van der Waals surface area contributed by atoms with Crippen molar-refractivity contribution in [3.63, 3.8) is 0 Å². The number of anilines is 3. The van der Waals surface area contributed by atoms with E-state index in [9.17, 15) is 9.59 Å². The van der Waals surface area contributed by atoms with Gasteiger partial charge in [-0.15, -0.1) is 5.10 Å². The van der Waals surface area contributed by atoms with Crippen LogP contribution in [0.1, 0.15) is 37.0 Å². The van der Waals surface area contributed by atoms with E-state index in [0.717, 1.165) is 25.1 Å². The van der Waals surface area contributed by atoms with Crippen LogP contribution >= 0.6 is 0 Å². The SMILES string of the molecule is CCNc1ncc2c(n1)N1CCCC1CN(c1cccc(-c3nn(CC)c(=O)o3)c1)C2=O. The number of rotatable bonds is 5. The normalized spacial score (nSPS) is 17.8. The van der Waals surface area contributed by atoms with Gasteiger partial charge in [-0.3, -0.25) is 4.79 Å². The molecule has 32 heavy (non-hydrogen) atoms. The van der Waals surface area contributed by atoms with Gasteiger partial charge in [0, 0.05) is 49.7 Å². The van der Waals surface area contributed by atoms with Gasteiger partial charge in [-0.1, -0.05) is 6.07 Å². The molecule has 1 fully saturated rings. The van der Waals surface area contributed by atoms with Gasteiger partial charge in [0.05, 0.1) is 0 Å². The molecule has 4 heterocycles. The third-order valence-electron chi connectivity index (χ3n) is 5.93. The van der Waals surface area contributed by atoms with Crippen LogP contribution in [0.25, 0.3) is 11.5 Å². The third kappa shape index (κ3) is 3.41. The second kappa shape index (κ2) is 8.10. The molecule has 10 heteroatoms. The van der Waals surface area contributed by atoms with E-state index >= 15 is 0 Å². The number of hydrogen-bond donors (Lipinski definition) is 1. The Hall–Kier alpha value is -3.69. The summed E-state index contributed by atoms with van der Waals surface area (Å²) < 4.78 is 6.57. The van der Waals surface area contributed by atoms with Crippen molar-refractivity contribution < 1.29 is 9.21 Å². The number of aromatic nitrogens is 4. The molecule has 2 aliphatic heterocycles. The Labute approximate surface area is 184 Å². The highest BCUT2D eigenvalue weighted by molar-refractivity contribution is 6.10. The van der Waals surface area contributed by atoms with E-state index in [-0.39, 0.29) is 17.8 Å². The van der Waals surface area contributed by atoms with Crippen LogP contribution < -0.4 is 20.9 Å². The Bertz CT molecular complexity index is 1220. The van der Waals surface area contributed by atoms with Crippen molar-refractivity contribution in [2.24, 2.45) is 0 Å². The Morgan fingerprint density at radius 3 is 2.91 bits per heavy atom. The van der Waals surface area contributed by atoms with Gasteiger partial charge in [0.25, 0.3) is 5.91 Å². The number of aryl methyl sites for hydroxylation is 1. The fourth-order valence-electron chi connectivity index (χ4n) is 4.38. The van der Waals surface area contributed by atoms with Crippen LogP contribution in [0, 0.1) is 0 Å². The topological polar surface area (TPSA) is 109 Å². The zero-order valence-electron chi connectivity index (χ0n) is 18.1. The fraction of sp³-hybridized carbons (Fsp3) is 0.409. The predicted molar refractivity (Wildman–Crippen MR) is 120 cm³/mol. The number of benzene rings is 1. The van der Waals surface area contributed by atoms with E-state index in [0.29, 0.717) is 42.5 Å². The molecule has 2 aliphatic rings. The van der Waals surface area contributed by atoms with Crippen molar-refractivity contribution in [2.45, 2.75) is 39.3 Å². The zero-order valence-corrected chi connectivity index (χ0v) is 18.1. The van der Waals surface area contributed by atoms with E-state index in [1.807, 2.05) is 38.1 Å². The van der Waals surface area contributed by atoms with Gasteiger partial charge >= 0.3 is 5.76 Å². The molecule has 0 saturated carbocycles. The zero-order chi connectivity index (χ0) is 22.2. The van der Waals surface area contributed by atoms with Crippen molar-refractivity contribution in [3.05, 3.63) is 46.6 Å². The second-order valence-corrected chi connectivity index (χ2v) is 7.91. The van der Waals surface area contributed by atoms with Crippen LogP contribution in [0.15, 0.2) is 39.7 Å². The molecule has 1 saturated heterocycles. The number of fused-ring (bicyclic) bond motifs is 3. The standard InChI is InChI=1S/C22H25N7O3/c1-3-23-21-24-12-17-18(25-21)27-10-6-9-16(27)13-28(20(17)30)15-8-5-7-14(11-15)19-26-29(4-2)22(31)32-19/h5,7-8,11-12,16H,3-4,6,9-10,13H2,1-2H3,(H,23,24,25). The summed E-state index contributed by atoms with van der Waals surface area (Å²) in [6, 6.07) is 7.55. The molecule has 1 aromatic carbocycles. The van der Waals surface area contributed by atoms with Gasteiger partial charge in [0.2, 0.25) is 11.8 Å². The summed E-state index contributed by atoms with van der Waals surface area (Å²) in [6.45, 7) is 6.35. The molecule has 2 aromatic heterocycles. The monoisotopic (exact) mass is 435 g/mol. The van der Waals surface area contributed by atoms with Gasteiger partial charge in [-0.25, -0.2) is 9.78 Å². The van der Waals surface area contributed by atoms with Gasteiger partial charge < -0.3 is 19.5 Å². The fourth-order valence-corrected chi connectivity index (χ4v) is 4.38. The van der Waals surface area contributed by atoms with Crippen molar-refractivity contribution in [1.82, 2.24) is 19.7 Å². The second-order valence-electron chi connectivity index (χ2n) is 7.91. The molecule has 5 rings (SSSR count). The lowest BCUT2D eigenvalue weighted by Gasteiger charge is -2.27. The Kier molecular flexibility index (Phi) is 5.12. The minimum Gasteiger partial charge on any atom is -0.388 e. The lowest BCUT2D eigenvalue weighted by atomic mass is 10.1. The predicted octanol–water partition coefficient (Wildman–Crippen LogP) is 2.37. The number of hydrogen-bond acceptors (Lipinski definition) is 8. The molecule has 0 bridgehead atoms. The molecular weight excluding hydrogens is 410 g/mol. The molecule has 0 aliphatic carbocycles. The molecule has 1 atom stereocenters. The first-order chi connectivity index (χ1) is 15.6. The van der Waals surface area contributed by atoms with E-state index < -0.39 is 5.76 Å². The molecule has 3 aromatic rings. The number of nitrogens with zero attached hydrogens (tertiary/aromatic N) is 6. The first-order valence-electron chi connectivity index (χ1n) is 11.0. The highest BCUT2D eigenvalue weighted by atomic mass is 16.4. The highest BCUT2D eigenvalue weighted by Crippen LogP contribution is 2.34. The average Bonchev–Trinajstić information content (AvgIpc) is 3.41. The number of carbonyl (C=O) groups is 1. The van der Waals surface area contributed by atoms with E-state index in [1.165, 1.54) is 4.68 Å². The minimum atomic E-state index is -0.497. The summed E-state index contributed by atoms with van der Waals surface area (Å²) in [6.07, 6.45) is 3.65. The lowest BCUT2D eigenvalue weighted by Crippen LogP contribution is -2.39. The molecule has 1 amide bonds. The molecule has 0 radical (unpaired) electrons. The maximum atomic E-state index is 13.6. The minimum absolute atomic E-state index is 0.143. The molecular formula is C22H25N7O3. The molecule has 10 nitrogen and oxygen atoms in total. The quantitative estimate of drug-likeness (QED) is 0.651. The Balaban J connectivity index is 1.55. The summed E-state index contributed by atoms with van der Waals surface area (Å²) in [5.74, 6) is 0.817. The lowest BCUT2D eigenvalue weighted by molar-refractivity contribution is 0.0988. The molecule has 0 spiro atoms. The van der Waals surface area contributed by atoms with Crippen molar-refractivity contribution >= 4 is 23.4 Å². The van der Waals surface area contributed by atoms with Crippen molar-refractivity contribution in [1.29, 1.82) is 0 Å². The summed E-state index contributed by atoms with van der Waals surface area (Å²) in [4.78, 5) is 38.5.